The van der Waals surface area contributed by atoms with Crippen molar-refractivity contribution in [3.05, 3.63) is 22.7 Å². The normalized spacial score (nSPS) is 10.4. The van der Waals surface area contributed by atoms with E-state index in [0.717, 1.165) is 4.60 Å². The van der Waals surface area contributed by atoms with Gasteiger partial charge in [-0.15, -0.1) is 0 Å². The summed E-state index contributed by atoms with van der Waals surface area (Å²) in [5, 5.41) is 5.44. The Labute approximate surface area is 100 Å². The quantitative estimate of drug-likeness (QED) is 0.859. The number of nitrogens with one attached hydrogen (secondary N) is 2. The van der Waals surface area contributed by atoms with Crippen LogP contribution >= 0.6 is 15.9 Å². The highest BCUT2D eigenvalue weighted by molar-refractivity contribution is 9.10. The molecule has 16 heavy (non-hydrogen) atoms. The molecular formula is C9H10BrN5O. The Morgan fingerprint density at radius 1 is 1.50 bits per heavy atom. The minimum Gasteiger partial charge on any atom is -0.370 e. The molecule has 0 aliphatic rings. The fourth-order valence-electron chi connectivity index (χ4n) is 1.36. The van der Waals surface area contributed by atoms with Gasteiger partial charge in [0.05, 0.1) is 6.20 Å². The van der Waals surface area contributed by atoms with Crippen LogP contribution in [-0.4, -0.2) is 34.4 Å². The standard InChI is InChI=1S/C9H10BrN5O/c1-11-7-8-13-3-6(10)15(8)4-5(14-7)9(16)12-2/h3-4H,1-2H3,(H,11,14)(H,12,16). The van der Waals surface area contributed by atoms with Gasteiger partial charge in [-0.1, -0.05) is 0 Å². The molecule has 6 nitrogen and oxygen atoms in total. The average molecular weight is 284 g/mol. The van der Waals surface area contributed by atoms with E-state index in [-0.39, 0.29) is 5.91 Å². The number of hydrogen-bond donors (Lipinski definition) is 2. The maximum absolute atomic E-state index is 11.5. The molecule has 0 fully saturated rings. The minimum atomic E-state index is -0.237. The summed E-state index contributed by atoms with van der Waals surface area (Å²) in [4.78, 5) is 19.9. The molecule has 0 aromatic carbocycles. The van der Waals surface area contributed by atoms with Crippen molar-refractivity contribution in [2.75, 3.05) is 19.4 Å². The van der Waals surface area contributed by atoms with Gasteiger partial charge >= 0.3 is 0 Å². The molecule has 0 aliphatic carbocycles. The average Bonchev–Trinajstić information content (AvgIpc) is 2.69. The Bertz CT molecular complexity index is 550. The van der Waals surface area contributed by atoms with Crippen LogP contribution in [0.3, 0.4) is 0 Å². The first-order valence-electron chi connectivity index (χ1n) is 4.60. The van der Waals surface area contributed by atoms with Gasteiger partial charge in [-0.2, -0.15) is 0 Å². The summed E-state index contributed by atoms with van der Waals surface area (Å²) < 4.78 is 2.52. The Morgan fingerprint density at radius 2 is 2.25 bits per heavy atom. The first-order valence-corrected chi connectivity index (χ1v) is 5.40. The van der Waals surface area contributed by atoms with Gasteiger partial charge in [0.25, 0.3) is 5.91 Å². The molecule has 84 valence electrons. The van der Waals surface area contributed by atoms with E-state index in [4.69, 9.17) is 0 Å². The van der Waals surface area contributed by atoms with Crippen molar-refractivity contribution in [2.24, 2.45) is 0 Å². The Balaban J connectivity index is 2.70. The van der Waals surface area contributed by atoms with E-state index >= 15 is 0 Å². The molecule has 2 aromatic rings. The van der Waals surface area contributed by atoms with E-state index in [1.807, 2.05) is 0 Å². The molecular weight excluding hydrogens is 274 g/mol. The Morgan fingerprint density at radius 3 is 2.88 bits per heavy atom. The first-order chi connectivity index (χ1) is 7.67. The third kappa shape index (κ3) is 1.63. The van der Waals surface area contributed by atoms with Crippen LogP contribution in [0.1, 0.15) is 10.5 Å². The maximum atomic E-state index is 11.5. The summed E-state index contributed by atoms with van der Waals surface area (Å²) >= 11 is 3.35. The van der Waals surface area contributed by atoms with Crippen molar-refractivity contribution in [2.45, 2.75) is 0 Å². The highest BCUT2D eigenvalue weighted by Crippen LogP contribution is 2.19. The number of aromatic nitrogens is 3. The molecule has 0 unspecified atom stereocenters. The van der Waals surface area contributed by atoms with Gasteiger partial charge in [0.1, 0.15) is 10.3 Å². The van der Waals surface area contributed by atoms with Gasteiger partial charge in [0, 0.05) is 20.3 Å². The predicted octanol–water partition coefficient (Wildman–Crippen LogP) is 0.893. The second-order valence-electron chi connectivity index (χ2n) is 3.08. The molecule has 2 heterocycles. The van der Waals surface area contributed by atoms with Gasteiger partial charge in [-0.3, -0.25) is 9.20 Å². The molecule has 0 atom stereocenters. The van der Waals surface area contributed by atoms with E-state index in [1.54, 1.807) is 30.9 Å². The first kappa shape index (κ1) is 10.9. The number of fused-ring (bicyclic) bond motifs is 1. The van der Waals surface area contributed by atoms with Crippen molar-refractivity contribution in [3.8, 4) is 0 Å². The lowest BCUT2D eigenvalue weighted by molar-refractivity contribution is 0.0958. The van der Waals surface area contributed by atoms with Crippen LogP contribution in [-0.2, 0) is 0 Å². The maximum Gasteiger partial charge on any atom is 0.271 e. The molecule has 0 bridgehead atoms. The molecule has 0 radical (unpaired) electrons. The number of carbonyl (C=O) groups is 1. The number of halogens is 1. The van der Waals surface area contributed by atoms with Crippen LogP contribution in [0.15, 0.2) is 17.0 Å². The summed E-state index contributed by atoms with van der Waals surface area (Å²) in [5.74, 6) is 0.325. The van der Waals surface area contributed by atoms with E-state index in [1.165, 1.54) is 0 Å². The van der Waals surface area contributed by atoms with Gasteiger partial charge in [0.2, 0.25) is 0 Å². The number of anilines is 1. The number of amides is 1. The zero-order chi connectivity index (χ0) is 11.7. The summed E-state index contributed by atoms with van der Waals surface area (Å²) in [6.07, 6.45) is 3.29. The lowest BCUT2D eigenvalue weighted by atomic mass is 10.4. The minimum absolute atomic E-state index is 0.237. The number of carbonyl (C=O) groups excluding carboxylic acids is 1. The van der Waals surface area contributed by atoms with Crippen molar-refractivity contribution < 1.29 is 4.79 Å². The molecule has 7 heteroatoms. The summed E-state index contributed by atoms with van der Waals surface area (Å²) in [6, 6.07) is 0. The zero-order valence-electron chi connectivity index (χ0n) is 8.78. The van der Waals surface area contributed by atoms with Crippen LogP contribution < -0.4 is 10.6 Å². The van der Waals surface area contributed by atoms with Crippen LogP contribution in [0.5, 0.6) is 0 Å². The molecule has 1 amide bonds. The van der Waals surface area contributed by atoms with Crippen molar-refractivity contribution in [1.29, 1.82) is 0 Å². The largest absolute Gasteiger partial charge is 0.370 e. The predicted molar refractivity (Wildman–Crippen MR) is 63.6 cm³/mol. The van der Waals surface area contributed by atoms with Gasteiger partial charge in [-0.25, -0.2) is 9.97 Å². The second-order valence-corrected chi connectivity index (χ2v) is 3.89. The van der Waals surface area contributed by atoms with Crippen LogP contribution in [0, 0.1) is 0 Å². The number of rotatable bonds is 2. The number of hydrogen-bond acceptors (Lipinski definition) is 4. The lowest BCUT2D eigenvalue weighted by Crippen LogP contribution is -2.20. The molecule has 0 spiro atoms. The second kappa shape index (κ2) is 4.09. The van der Waals surface area contributed by atoms with Crippen LogP contribution in [0.2, 0.25) is 0 Å². The SMILES string of the molecule is CNC(=O)c1cn2c(Br)cnc2c(NC)n1. The lowest BCUT2D eigenvalue weighted by Gasteiger charge is -2.06. The Hall–Kier alpha value is -1.63. The summed E-state index contributed by atoms with van der Waals surface area (Å²) in [6.45, 7) is 0. The molecule has 0 saturated carbocycles. The molecule has 0 saturated heterocycles. The molecule has 2 aromatic heterocycles. The summed E-state index contributed by atoms with van der Waals surface area (Å²) in [5.41, 5.74) is 1.00. The molecule has 2 rings (SSSR count). The van der Waals surface area contributed by atoms with Crippen molar-refractivity contribution >= 4 is 33.3 Å². The van der Waals surface area contributed by atoms with E-state index in [2.05, 4.69) is 36.5 Å². The fourth-order valence-corrected chi connectivity index (χ4v) is 1.74. The van der Waals surface area contributed by atoms with Crippen LogP contribution in [0.4, 0.5) is 5.82 Å². The van der Waals surface area contributed by atoms with E-state index < -0.39 is 0 Å². The smallest absolute Gasteiger partial charge is 0.271 e. The van der Waals surface area contributed by atoms with Crippen molar-refractivity contribution in [1.82, 2.24) is 19.7 Å². The molecule has 2 N–H and O–H groups in total. The van der Waals surface area contributed by atoms with E-state index in [0.29, 0.717) is 17.2 Å². The van der Waals surface area contributed by atoms with E-state index in [9.17, 15) is 4.79 Å². The van der Waals surface area contributed by atoms with Gasteiger partial charge < -0.3 is 10.6 Å². The zero-order valence-corrected chi connectivity index (χ0v) is 10.4. The number of nitrogens with zero attached hydrogens (tertiary/aromatic N) is 3. The highest BCUT2D eigenvalue weighted by Gasteiger charge is 2.12. The number of imidazole rings is 1. The van der Waals surface area contributed by atoms with Gasteiger partial charge in [-0.05, 0) is 15.9 Å². The topological polar surface area (TPSA) is 71.3 Å². The van der Waals surface area contributed by atoms with Crippen LogP contribution in [0.25, 0.3) is 5.65 Å². The third-order valence-electron chi connectivity index (χ3n) is 2.14. The summed E-state index contributed by atoms with van der Waals surface area (Å²) in [7, 11) is 3.30. The molecule has 0 aliphatic heterocycles. The third-order valence-corrected chi connectivity index (χ3v) is 2.73. The Kier molecular flexibility index (Phi) is 2.78. The highest BCUT2D eigenvalue weighted by atomic mass is 79.9. The van der Waals surface area contributed by atoms with Crippen molar-refractivity contribution in [3.63, 3.8) is 0 Å². The monoisotopic (exact) mass is 283 g/mol. The van der Waals surface area contributed by atoms with Gasteiger partial charge in [0.15, 0.2) is 11.5 Å². The fraction of sp³-hybridized carbons (Fsp3) is 0.222.